The summed E-state index contributed by atoms with van der Waals surface area (Å²) < 4.78 is 5.31. The summed E-state index contributed by atoms with van der Waals surface area (Å²) >= 11 is 3.27. The van der Waals surface area contributed by atoms with Crippen molar-refractivity contribution in [2.24, 2.45) is 0 Å². The fourth-order valence-corrected chi connectivity index (χ4v) is 0.923. The van der Waals surface area contributed by atoms with E-state index in [1.165, 1.54) is 0 Å². The SMILES string of the molecule is Nc1cccc(OCCBr)c1. The molecule has 1 aromatic carbocycles. The number of hydrogen-bond donors (Lipinski definition) is 1. The molecule has 0 aliphatic carbocycles. The number of ether oxygens (including phenoxy) is 1. The second-order valence-electron chi connectivity index (χ2n) is 2.11. The monoisotopic (exact) mass is 215 g/mol. The Labute approximate surface area is 74.5 Å². The van der Waals surface area contributed by atoms with Crippen LogP contribution in [0.15, 0.2) is 24.3 Å². The molecule has 0 heterocycles. The lowest BCUT2D eigenvalue weighted by molar-refractivity contribution is 0.345. The Balaban J connectivity index is 2.56. The molecule has 0 aromatic heterocycles. The number of nitrogens with two attached hydrogens (primary N) is 1. The van der Waals surface area contributed by atoms with Gasteiger partial charge in [-0.1, -0.05) is 22.0 Å². The molecule has 0 saturated heterocycles. The van der Waals surface area contributed by atoms with Crippen LogP contribution in [0.25, 0.3) is 0 Å². The molecular formula is C8H10BrNO. The highest BCUT2D eigenvalue weighted by Crippen LogP contribution is 2.14. The van der Waals surface area contributed by atoms with Gasteiger partial charge in [-0.25, -0.2) is 0 Å². The van der Waals surface area contributed by atoms with Gasteiger partial charge in [0.2, 0.25) is 0 Å². The highest BCUT2D eigenvalue weighted by Gasteiger charge is 1.91. The van der Waals surface area contributed by atoms with E-state index in [-0.39, 0.29) is 0 Å². The van der Waals surface area contributed by atoms with Gasteiger partial charge in [0.05, 0.1) is 6.61 Å². The van der Waals surface area contributed by atoms with Gasteiger partial charge in [0.15, 0.2) is 0 Å². The molecule has 60 valence electrons. The van der Waals surface area contributed by atoms with E-state index in [9.17, 15) is 0 Å². The zero-order valence-corrected chi connectivity index (χ0v) is 7.67. The van der Waals surface area contributed by atoms with Crippen LogP contribution in [0.3, 0.4) is 0 Å². The molecule has 0 radical (unpaired) electrons. The van der Waals surface area contributed by atoms with Gasteiger partial charge in [-0.2, -0.15) is 0 Å². The second kappa shape index (κ2) is 4.23. The Hall–Kier alpha value is -0.700. The fourth-order valence-electron chi connectivity index (χ4n) is 0.761. The average molecular weight is 216 g/mol. The smallest absolute Gasteiger partial charge is 0.121 e. The molecule has 0 bridgehead atoms. The summed E-state index contributed by atoms with van der Waals surface area (Å²) in [6, 6.07) is 7.40. The maximum Gasteiger partial charge on any atom is 0.121 e. The standard InChI is InChI=1S/C8H10BrNO/c9-4-5-11-8-3-1-2-7(10)6-8/h1-3,6H,4-5,10H2. The molecule has 1 aromatic rings. The van der Waals surface area contributed by atoms with Gasteiger partial charge in [-0.3, -0.25) is 0 Å². The van der Waals surface area contributed by atoms with Crippen LogP contribution in [0.1, 0.15) is 0 Å². The first-order valence-corrected chi connectivity index (χ1v) is 4.49. The van der Waals surface area contributed by atoms with E-state index < -0.39 is 0 Å². The first-order chi connectivity index (χ1) is 5.33. The molecule has 1 rings (SSSR count). The van der Waals surface area contributed by atoms with Crippen LogP contribution in [0.5, 0.6) is 5.75 Å². The van der Waals surface area contributed by atoms with Crippen LogP contribution in [0, 0.1) is 0 Å². The van der Waals surface area contributed by atoms with Gasteiger partial charge >= 0.3 is 0 Å². The van der Waals surface area contributed by atoms with Crippen molar-refractivity contribution in [2.45, 2.75) is 0 Å². The van der Waals surface area contributed by atoms with E-state index in [1.54, 1.807) is 0 Å². The fraction of sp³-hybridized carbons (Fsp3) is 0.250. The molecule has 0 saturated carbocycles. The van der Waals surface area contributed by atoms with Crippen LogP contribution in [0.2, 0.25) is 0 Å². The third kappa shape index (κ3) is 2.80. The van der Waals surface area contributed by atoms with Gasteiger partial charge in [-0.15, -0.1) is 0 Å². The molecule has 2 nitrogen and oxygen atoms in total. The van der Waals surface area contributed by atoms with E-state index in [4.69, 9.17) is 10.5 Å². The number of hydrogen-bond acceptors (Lipinski definition) is 2. The van der Waals surface area contributed by atoms with E-state index in [0.29, 0.717) is 6.61 Å². The van der Waals surface area contributed by atoms with Crippen LogP contribution in [0.4, 0.5) is 5.69 Å². The Morgan fingerprint density at radius 3 is 2.91 bits per heavy atom. The van der Waals surface area contributed by atoms with Crippen molar-refractivity contribution in [3.63, 3.8) is 0 Å². The lowest BCUT2D eigenvalue weighted by atomic mass is 10.3. The first kappa shape index (κ1) is 8.40. The Morgan fingerprint density at radius 2 is 2.27 bits per heavy atom. The molecule has 11 heavy (non-hydrogen) atoms. The van der Waals surface area contributed by atoms with E-state index >= 15 is 0 Å². The van der Waals surface area contributed by atoms with Gasteiger partial charge in [0.1, 0.15) is 5.75 Å². The average Bonchev–Trinajstić information content (AvgIpc) is 2.01. The van der Waals surface area contributed by atoms with Crippen LogP contribution in [-0.2, 0) is 0 Å². The van der Waals surface area contributed by atoms with Crippen LogP contribution in [-0.4, -0.2) is 11.9 Å². The molecule has 0 atom stereocenters. The minimum atomic E-state index is 0.670. The summed E-state index contributed by atoms with van der Waals surface area (Å²) in [6.45, 7) is 0.670. The zero-order chi connectivity index (χ0) is 8.10. The number of anilines is 1. The van der Waals surface area contributed by atoms with Crippen LogP contribution >= 0.6 is 15.9 Å². The molecule has 0 spiro atoms. The minimum absolute atomic E-state index is 0.670. The largest absolute Gasteiger partial charge is 0.493 e. The lowest BCUT2D eigenvalue weighted by Gasteiger charge is -2.03. The van der Waals surface area contributed by atoms with Gasteiger partial charge in [-0.05, 0) is 12.1 Å². The number of alkyl halides is 1. The highest BCUT2D eigenvalue weighted by atomic mass is 79.9. The van der Waals surface area contributed by atoms with Crippen LogP contribution < -0.4 is 10.5 Å². The zero-order valence-electron chi connectivity index (χ0n) is 6.09. The minimum Gasteiger partial charge on any atom is -0.493 e. The Kier molecular flexibility index (Phi) is 3.23. The summed E-state index contributed by atoms with van der Waals surface area (Å²) in [6.07, 6.45) is 0. The summed E-state index contributed by atoms with van der Waals surface area (Å²) in [5, 5.41) is 0.835. The van der Waals surface area contributed by atoms with Crippen molar-refractivity contribution < 1.29 is 4.74 Å². The summed E-state index contributed by atoms with van der Waals surface area (Å²) in [5.41, 5.74) is 6.27. The molecule has 0 fully saturated rings. The number of nitrogen functional groups attached to an aromatic ring is 1. The third-order valence-electron chi connectivity index (χ3n) is 1.20. The van der Waals surface area contributed by atoms with Crippen molar-refractivity contribution in [1.29, 1.82) is 0 Å². The maximum atomic E-state index is 5.54. The number of halogens is 1. The van der Waals surface area contributed by atoms with Gasteiger partial charge < -0.3 is 10.5 Å². The summed E-state index contributed by atoms with van der Waals surface area (Å²) in [5.74, 6) is 0.824. The van der Waals surface area contributed by atoms with Crippen molar-refractivity contribution in [2.75, 3.05) is 17.7 Å². The van der Waals surface area contributed by atoms with Crippen molar-refractivity contribution in [1.82, 2.24) is 0 Å². The summed E-state index contributed by atoms with van der Waals surface area (Å²) in [4.78, 5) is 0. The highest BCUT2D eigenvalue weighted by molar-refractivity contribution is 9.09. The quantitative estimate of drug-likeness (QED) is 0.619. The van der Waals surface area contributed by atoms with Crippen molar-refractivity contribution in [3.8, 4) is 5.75 Å². The summed E-state index contributed by atoms with van der Waals surface area (Å²) in [7, 11) is 0. The number of rotatable bonds is 3. The molecule has 2 N–H and O–H groups in total. The normalized spacial score (nSPS) is 9.55. The maximum absolute atomic E-state index is 5.54. The molecule has 3 heteroatoms. The second-order valence-corrected chi connectivity index (χ2v) is 2.90. The van der Waals surface area contributed by atoms with E-state index in [2.05, 4.69) is 15.9 Å². The predicted molar refractivity (Wildman–Crippen MR) is 50.1 cm³/mol. The van der Waals surface area contributed by atoms with Gasteiger partial charge in [0, 0.05) is 17.1 Å². The number of benzene rings is 1. The molecule has 0 amide bonds. The Bertz CT molecular complexity index is 227. The molecule has 0 aliphatic rings. The van der Waals surface area contributed by atoms with Gasteiger partial charge in [0.25, 0.3) is 0 Å². The van der Waals surface area contributed by atoms with E-state index in [0.717, 1.165) is 16.8 Å². The first-order valence-electron chi connectivity index (χ1n) is 3.37. The van der Waals surface area contributed by atoms with Crippen molar-refractivity contribution >= 4 is 21.6 Å². The predicted octanol–water partition coefficient (Wildman–Crippen LogP) is 2.04. The topological polar surface area (TPSA) is 35.2 Å². The lowest BCUT2D eigenvalue weighted by Crippen LogP contribution is -1.97. The third-order valence-corrected chi connectivity index (χ3v) is 1.53. The van der Waals surface area contributed by atoms with Crippen molar-refractivity contribution in [3.05, 3.63) is 24.3 Å². The van der Waals surface area contributed by atoms with E-state index in [1.807, 2.05) is 24.3 Å². The molecule has 0 aliphatic heterocycles. The molecule has 0 unspecified atom stereocenters. The molecular weight excluding hydrogens is 206 g/mol. The Morgan fingerprint density at radius 1 is 1.45 bits per heavy atom.